The fourth-order valence-electron chi connectivity index (χ4n) is 5.40. The van der Waals surface area contributed by atoms with Gasteiger partial charge < -0.3 is 10.4 Å². The lowest BCUT2D eigenvalue weighted by atomic mass is 9.89. The second kappa shape index (κ2) is 9.10. The van der Waals surface area contributed by atoms with E-state index in [-0.39, 0.29) is 29.2 Å². The summed E-state index contributed by atoms with van der Waals surface area (Å²) in [6.45, 7) is 4.69. The fourth-order valence-corrected chi connectivity index (χ4v) is 6.98. The molecular weight excluding hydrogens is 502 g/mol. The van der Waals surface area contributed by atoms with E-state index in [1.165, 1.54) is 27.0 Å². The van der Waals surface area contributed by atoms with Crippen LogP contribution in [0.4, 0.5) is 17.3 Å². The summed E-state index contributed by atoms with van der Waals surface area (Å²) < 4.78 is 1.23. The first-order chi connectivity index (χ1) is 18.3. The lowest BCUT2D eigenvalue weighted by Gasteiger charge is -2.29. The van der Waals surface area contributed by atoms with Crippen LogP contribution in [-0.2, 0) is 32.9 Å². The zero-order chi connectivity index (χ0) is 26.6. The highest BCUT2D eigenvalue weighted by Gasteiger charge is 2.38. The largest absolute Gasteiger partial charge is 0.392 e. The van der Waals surface area contributed by atoms with Crippen molar-refractivity contribution in [2.75, 3.05) is 16.8 Å². The third-order valence-corrected chi connectivity index (χ3v) is 8.41. The van der Waals surface area contributed by atoms with Gasteiger partial charge in [-0.05, 0) is 54.0 Å². The van der Waals surface area contributed by atoms with Crippen molar-refractivity contribution in [2.45, 2.75) is 39.7 Å². The molecule has 1 aliphatic carbocycles. The van der Waals surface area contributed by atoms with E-state index in [4.69, 9.17) is 0 Å². The van der Waals surface area contributed by atoms with E-state index in [1.807, 2.05) is 0 Å². The van der Waals surface area contributed by atoms with E-state index in [0.717, 1.165) is 24.1 Å². The van der Waals surface area contributed by atoms with Crippen LogP contribution in [0.15, 0.2) is 41.7 Å². The van der Waals surface area contributed by atoms with Crippen LogP contribution in [0.3, 0.4) is 0 Å². The lowest BCUT2D eigenvalue weighted by Crippen LogP contribution is -2.38. The Hall–Kier alpha value is -3.96. The van der Waals surface area contributed by atoms with Crippen LogP contribution in [0.2, 0.25) is 0 Å². The van der Waals surface area contributed by atoms with Crippen LogP contribution in [0.5, 0.6) is 0 Å². The molecule has 11 heteroatoms. The number of amides is 1. The minimum Gasteiger partial charge on any atom is -0.392 e. The molecule has 10 nitrogen and oxygen atoms in total. The number of carbonyl (C=O) groups is 1. The number of pyridine rings is 1. The number of carbonyl (C=O) groups excluding carboxylic acids is 1. The molecule has 1 amide bonds. The van der Waals surface area contributed by atoms with Gasteiger partial charge in [0.1, 0.15) is 23.7 Å². The number of nitrogens with one attached hydrogen (secondary N) is 1. The summed E-state index contributed by atoms with van der Waals surface area (Å²) in [5.41, 5.74) is 4.23. The molecule has 5 heterocycles. The van der Waals surface area contributed by atoms with Crippen LogP contribution >= 0.6 is 11.3 Å². The molecule has 0 radical (unpaired) electrons. The lowest BCUT2D eigenvalue weighted by molar-refractivity contribution is 0.0983. The third kappa shape index (κ3) is 4.07. The first-order valence-corrected chi connectivity index (χ1v) is 13.2. The normalized spacial score (nSPS) is 15.9. The van der Waals surface area contributed by atoms with Crippen molar-refractivity contribution in [3.8, 4) is 11.3 Å². The Bertz CT molecular complexity index is 1630. The number of aromatic nitrogens is 5. The van der Waals surface area contributed by atoms with E-state index in [9.17, 15) is 14.7 Å². The first kappa shape index (κ1) is 24.4. The average Bonchev–Trinajstić information content (AvgIpc) is 3.39. The van der Waals surface area contributed by atoms with Crippen LogP contribution in [0.25, 0.3) is 11.3 Å². The van der Waals surface area contributed by atoms with E-state index in [2.05, 4.69) is 39.2 Å². The molecule has 2 N–H and O–H groups in total. The molecule has 0 unspecified atom stereocenters. The van der Waals surface area contributed by atoms with Crippen molar-refractivity contribution < 1.29 is 9.90 Å². The van der Waals surface area contributed by atoms with Gasteiger partial charge in [-0.2, -0.15) is 5.10 Å². The van der Waals surface area contributed by atoms with Crippen molar-refractivity contribution in [1.29, 1.82) is 0 Å². The summed E-state index contributed by atoms with van der Waals surface area (Å²) >= 11 is 1.60. The standard InChI is InChI=1S/C27H27N7O3S/c1-27(2)11-17-16-6-9-34(26(37)23(16)38-21(17)12-27)24-18(13-35)15(4-8-29-24)19-10-20(25(36)33(3)32-19)31-22-5-7-28-14-30-22/h4-5,7-8,10,14,35H,6,9,11-13H2,1-3H3,(H,28,30,31). The Morgan fingerprint density at radius 3 is 2.74 bits per heavy atom. The van der Waals surface area contributed by atoms with Gasteiger partial charge >= 0.3 is 0 Å². The zero-order valence-corrected chi connectivity index (χ0v) is 22.2. The predicted molar refractivity (Wildman–Crippen MR) is 145 cm³/mol. The SMILES string of the molecule is Cn1nc(-c2ccnc(N3CCc4c(sc5c4CC(C)(C)C5)C3=O)c2CO)cc(Nc2ccncn2)c1=O. The maximum absolute atomic E-state index is 13.7. The van der Waals surface area contributed by atoms with Gasteiger partial charge in [0.2, 0.25) is 0 Å². The van der Waals surface area contributed by atoms with Crippen molar-refractivity contribution in [3.63, 3.8) is 0 Å². The number of fused-ring (bicyclic) bond motifs is 3. The Morgan fingerprint density at radius 2 is 1.97 bits per heavy atom. The number of thiophene rings is 1. The minimum atomic E-state index is -0.344. The average molecular weight is 530 g/mol. The van der Waals surface area contributed by atoms with Crippen LogP contribution in [0, 0.1) is 5.41 Å². The highest BCUT2D eigenvalue weighted by Crippen LogP contribution is 2.46. The topological polar surface area (TPSA) is 126 Å². The molecule has 194 valence electrons. The summed E-state index contributed by atoms with van der Waals surface area (Å²) in [6.07, 6.45) is 7.31. The number of aryl methyl sites for hydroxylation is 1. The number of anilines is 3. The van der Waals surface area contributed by atoms with Gasteiger partial charge in [0.25, 0.3) is 11.5 Å². The minimum absolute atomic E-state index is 0.0812. The summed E-state index contributed by atoms with van der Waals surface area (Å²) in [7, 11) is 1.56. The molecule has 38 heavy (non-hydrogen) atoms. The summed E-state index contributed by atoms with van der Waals surface area (Å²) in [5.74, 6) is 0.797. The van der Waals surface area contributed by atoms with Gasteiger partial charge in [-0.3, -0.25) is 14.5 Å². The summed E-state index contributed by atoms with van der Waals surface area (Å²) in [5, 5.41) is 17.9. The molecule has 6 rings (SSSR count). The highest BCUT2D eigenvalue weighted by atomic mass is 32.1. The highest BCUT2D eigenvalue weighted by molar-refractivity contribution is 7.14. The molecule has 0 saturated heterocycles. The van der Waals surface area contributed by atoms with Crippen molar-refractivity contribution in [2.24, 2.45) is 12.5 Å². The van der Waals surface area contributed by atoms with Gasteiger partial charge in [0.15, 0.2) is 0 Å². The first-order valence-electron chi connectivity index (χ1n) is 12.4. The number of rotatable bonds is 5. The van der Waals surface area contributed by atoms with Crippen molar-refractivity contribution in [1.82, 2.24) is 24.7 Å². The van der Waals surface area contributed by atoms with Crippen LogP contribution < -0.4 is 15.8 Å². The number of hydrogen-bond acceptors (Lipinski definition) is 9. The molecule has 0 saturated carbocycles. The monoisotopic (exact) mass is 529 g/mol. The second-order valence-corrected chi connectivity index (χ2v) is 11.6. The predicted octanol–water partition coefficient (Wildman–Crippen LogP) is 3.26. The van der Waals surface area contributed by atoms with E-state index in [1.54, 1.807) is 53.9 Å². The summed E-state index contributed by atoms with van der Waals surface area (Å²) in [6, 6.07) is 5.00. The van der Waals surface area contributed by atoms with E-state index in [0.29, 0.717) is 35.0 Å². The van der Waals surface area contributed by atoms with Gasteiger partial charge in [-0.15, -0.1) is 11.3 Å². The van der Waals surface area contributed by atoms with Crippen molar-refractivity contribution >= 4 is 34.6 Å². The quantitative estimate of drug-likeness (QED) is 0.404. The maximum Gasteiger partial charge on any atom is 0.290 e. The Labute approximate surface area is 223 Å². The Morgan fingerprint density at radius 1 is 1.13 bits per heavy atom. The van der Waals surface area contributed by atoms with Gasteiger partial charge in [-0.25, -0.2) is 19.6 Å². The third-order valence-electron chi connectivity index (χ3n) is 7.15. The Kier molecular flexibility index (Phi) is 5.84. The molecule has 4 aromatic heterocycles. The molecule has 2 aliphatic rings. The number of aliphatic hydroxyl groups excluding tert-OH is 1. The molecular formula is C27H27N7O3S. The maximum atomic E-state index is 13.7. The van der Waals surface area contributed by atoms with Gasteiger partial charge in [0, 0.05) is 42.0 Å². The number of hydrogen-bond donors (Lipinski definition) is 2. The van der Waals surface area contributed by atoms with E-state index >= 15 is 0 Å². The van der Waals surface area contributed by atoms with Crippen LogP contribution in [0.1, 0.15) is 45.1 Å². The molecule has 1 aliphatic heterocycles. The smallest absolute Gasteiger partial charge is 0.290 e. The fraction of sp³-hybridized carbons (Fsp3) is 0.333. The molecule has 0 aromatic carbocycles. The zero-order valence-electron chi connectivity index (χ0n) is 21.4. The molecule has 0 fully saturated rings. The van der Waals surface area contributed by atoms with Gasteiger partial charge in [0.05, 0.1) is 17.2 Å². The van der Waals surface area contributed by atoms with Gasteiger partial charge in [-0.1, -0.05) is 13.8 Å². The molecule has 4 aromatic rings. The second-order valence-electron chi connectivity index (χ2n) is 10.4. The van der Waals surface area contributed by atoms with E-state index < -0.39 is 0 Å². The molecule has 0 atom stereocenters. The molecule has 0 spiro atoms. The van der Waals surface area contributed by atoms with Crippen molar-refractivity contribution in [3.05, 3.63) is 73.7 Å². The summed E-state index contributed by atoms with van der Waals surface area (Å²) in [4.78, 5) is 42.8. The Balaban J connectivity index is 1.38. The number of aliphatic hydroxyl groups is 1. The van der Waals surface area contributed by atoms with Crippen LogP contribution in [-0.4, -0.2) is 42.3 Å². The number of nitrogens with zero attached hydrogens (tertiary/aromatic N) is 6. The molecule has 0 bridgehead atoms.